The van der Waals surface area contributed by atoms with Gasteiger partial charge in [0.2, 0.25) is 0 Å². The number of methoxy groups -OCH3 is 1. The molecule has 0 saturated heterocycles. The van der Waals surface area contributed by atoms with Gasteiger partial charge in [0.15, 0.2) is 0 Å². The third-order valence-electron chi connectivity index (χ3n) is 2.27. The van der Waals surface area contributed by atoms with E-state index in [1.165, 1.54) is 0 Å². The molecule has 0 aliphatic heterocycles. The normalized spacial score (nSPS) is 13.0. The lowest BCUT2D eigenvalue weighted by Crippen LogP contribution is -2.32. The lowest BCUT2D eigenvalue weighted by molar-refractivity contribution is 0.182. The van der Waals surface area contributed by atoms with Crippen molar-refractivity contribution in [3.8, 4) is 0 Å². The molecule has 1 atom stereocenters. The lowest BCUT2D eigenvalue weighted by Gasteiger charge is -2.15. The third kappa shape index (κ3) is 4.40. The van der Waals surface area contributed by atoms with E-state index in [4.69, 9.17) is 4.74 Å². The zero-order chi connectivity index (χ0) is 11.1. The molecule has 0 aromatic carbocycles. The Balaban J connectivity index is 2.42. The molecule has 15 heavy (non-hydrogen) atoms. The van der Waals surface area contributed by atoms with Crippen LogP contribution in [0.25, 0.3) is 0 Å². The van der Waals surface area contributed by atoms with E-state index in [9.17, 15) is 0 Å². The van der Waals surface area contributed by atoms with Gasteiger partial charge in [-0.3, -0.25) is 4.68 Å². The molecule has 1 heterocycles. The summed E-state index contributed by atoms with van der Waals surface area (Å²) >= 11 is 0. The summed E-state index contributed by atoms with van der Waals surface area (Å²) < 4.78 is 6.81. The van der Waals surface area contributed by atoms with Crippen molar-refractivity contribution in [2.24, 2.45) is 7.05 Å². The molecular formula is C10H20N4O. The number of nitrogens with zero attached hydrogens (tertiary/aromatic N) is 3. The first-order valence-corrected chi connectivity index (χ1v) is 5.33. The van der Waals surface area contributed by atoms with E-state index in [0.717, 1.165) is 31.7 Å². The van der Waals surface area contributed by atoms with E-state index < -0.39 is 0 Å². The molecule has 1 aromatic heterocycles. The molecule has 0 spiro atoms. The van der Waals surface area contributed by atoms with Gasteiger partial charge in [0.25, 0.3) is 0 Å². The van der Waals surface area contributed by atoms with E-state index in [-0.39, 0.29) is 0 Å². The summed E-state index contributed by atoms with van der Waals surface area (Å²) in [4.78, 5) is 0. The average molecular weight is 212 g/mol. The van der Waals surface area contributed by atoms with Gasteiger partial charge in [-0.25, -0.2) is 0 Å². The number of likely N-dealkylation sites (N-methyl/N-ethyl adjacent to an activating group) is 1. The molecule has 0 fully saturated rings. The van der Waals surface area contributed by atoms with Gasteiger partial charge in [0.05, 0.1) is 5.69 Å². The van der Waals surface area contributed by atoms with Crippen molar-refractivity contribution >= 4 is 0 Å². The summed E-state index contributed by atoms with van der Waals surface area (Å²) in [6.45, 7) is 3.85. The molecular weight excluding hydrogens is 192 g/mol. The van der Waals surface area contributed by atoms with E-state index >= 15 is 0 Å². The first-order valence-electron chi connectivity index (χ1n) is 5.33. The Morgan fingerprint density at radius 1 is 1.60 bits per heavy atom. The number of hydrogen-bond donors (Lipinski definition) is 1. The van der Waals surface area contributed by atoms with Crippen molar-refractivity contribution in [2.75, 3.05) is 20.3 Å². The maximum atomic E-state index is 5.08. The first kappa shape index (κ1) is 12.1. The number of nitrogens with one attached hydrogen (secondary N) is 1. The van der Waals surface area contributed by atoms with Crippen LogP contribution in [0.5, 0.6) is 0 Å². The van der Waals surface area contributed by atoms with Crippen LogP contribution in [-0.2, 0) is 18.2 Å². The molecule has 0 radical (unpaired) electrons. The van der Waals surface area contributed by atoms with Crippen molar-refractivity contribution in [2.45, 2.75) is 25.8 Å². The highest BCUT2D eigenvalue weighted by Crippen LogP contribution is 2.02. The summed E-state index contributed by atoms with van der Waals surface area (Å²) in [5, 5.41) is 11.4. The summed E-state index contributed by atoms with van der Waals surface area (Å²) in [5.41, 5.74) is 1.03. The molecule has 1 unspecified atom stereocenters. The molecule has 5 nitrogen and oxygen atoms in total. The second-order valence-electron chi connectivity index (χ2n) is 3.62. The van der Waals surface area contributed by atoms with Crippen molar-refractivity contribution in [1.82, 2.24) is 20.3 Å². The lowest BCUT2D eigenvalue weighted by atomic mass is 10.1. The maximum Gasteiger partial charge on any atom is 0.0842 e. The summed E-state index contributed by atoms with van der Waals surface area (Å²) in [7, 11) is 3.61. The summed E-state index contributed by atoms with van der Waals surface area (Å²) in [5.74, 6) is 0. The second kappa shape index (κ2) is 6.53. The molecule has 0 saturated carbocycles. The van der Waals surface area contributed by atoms with Crippen molar-refractivity contribution < 1.29 is 4.74 Å². The van der Waals surface area contributed by atoms with Gasteiger partial charge in [0.1, 0.15) is 0 Å². The molecule has 0 amide bonds. The van der Waals surface area contributed by atoms with Gasteiger partial charge in [-0.15, -0.1) is 5.10 Å². The molecule has 1 aromatic rings. The number of ether oxygens (including phenoxy) is 1. The first-order chi connectivity index (χ1) is 7.26. The number of aromatic nitrogens is 3. The van der Waals surface area contributed by atoms with Crippen molar-refractivity contribution in [3.63, 3.8) is 0 Å². The monoisotopic (exact) mass is 212 g/mol. The Labute approximate surface area is 90.8 Å². The van der Waals surface area contributed by atoms with Crippen LogP contribution in [0.15, 0.2) is 6.20 Å². The summed E-state index contributed by atoms with van der Waals surface area (Å²) in [6, 6.07) is 0.423. The van der Waals surface area contributed by atoms with Crippen LogP contribution in [0.3, 0.4) is 0 Å². The van der Waals surface area contributed by atoms with Crippen molar-refractivity contribution in [3.05, 3.63) is 11.9 Å². The highest BCUT2D eigenvalue weighted by atomic mass is 16.5. The fraction of sp³-hybridized carbons (Fsp3) is 0.800. The van der Waals surface area contributed by atoms with E-state index in [1.807, 2.05) is 13.2 Å². The number of rotatable bonds is 7. The number of aryl methyl sites for hydroxylation is 1. The predicted molar refractivity (Wildman–Crippen MR) is 58.7 cm³/mol. The molecule has 1 N–H and O–H groups in total. The van der Waals surface area contributed by atoms with Crippen LogP contribution in [0.4, 0.5) is 0 Å². The third-order valence-corrected chi connectivity index (χ3v) is 2.27. The Morgan fingerprint density at radius 2 is 2.40 bits per heavy atom. The van der Waals surface area contributed by atoms with E-state index in [2.05, 4.69) is 22.6 Å². The zero-order valence-electron chi connectivity index (χ0n) is 9.73. The fourth-order valence-corrected chi connectivity index (χ4v) is 1.57. The minimum atomic E-state index is 0.423. The molecule has 0 aliphatic carbocycles. The molecule has 86 valence electrons. The number of hydrogen-bond acceptors (Lipinski definition) is 4. The Morgan fingerprint density at radius 3 is 2.93 bits per heavy atom. The highest BCUT2D eigenvalue weighted by molar-refractivity contribution is 4.95. The largest absolute Gasteiger partial charge is 0.385 e. The van der Waals surface area contributed by atoms with E-state index in [1.54, 1.807) is 11.8 Å². The van der Waals surface area contributed by atoms with Crippen LogP contribution in [-0.4, -0.2) is 41.3 Å². The Hall–Kier alpha value is -0.940. The minimum absolute atomic E-state index is 0.423. The quantitative estimate of drug-likeness (QED) is 0.709. The van der Waals surface area contributed by atoms with Gasteiger partial charge >= 0.3 is 0 Å². The molecule has 0 aliphatic rings. The van der Waals surface area contributed by atoms with Crippen LogP contribution in [0.2, 0.25) is 0 Å². The predicted octanol–water partition coefficient (Wildman–Crippen LogP) is 0.372. The van der Waals surface area contributed by atoms with Gasteiger partial charge in [-0.1, -0.05) is 12.1 Å². The van der Waals surface area contributed by atoms with Gasteiger partial charge in [-0.2, -0.15) is 0 Å². The highest BCUT2D eigenvalue weighted by Gasteiger charge is 2.10. The average Bonchev–Trinajstić information content (AvgIpc) is 2.61. The minimum Gasteiger partial charge on any atom is -0.385 e. The molecule has 5 heteroatoms. The van der Waals surface area contributed by atoms with Crippen LogP contribution >= 0.6 is 0 Å². The van der Waals surface area contributed by atoms with Crippen LogP contribution < -0.4 is 5.32 Å². The summed E-state index contributed by atoms with van der Waals surface area (Å²) in [6.07, 6.45) is 3.86. The zero-order valence-corrected chi connectivity index (χ0v) is 9.73. The second-order valence-corrected chi connectivity index (χ2v) is 3.62. The standard InChI is InChI=1S/C10H20N4O/c1-4-11-9(5-6-15-3)7-10-8-14(2)13-12-10/h8-9,11H,4-7H2,1-3H3. The molecule has 0 bridgehead atoms. The van der Waals surface area contributed by atoms with Gasteiger partial charge in [-0.05, 0) is 13.0 Å². The van der Waals surface area contributed by atoms with Gasteiger partial charge in [0, 0.05) is 39.4 Å². The van der Waals surface area contributed by atoms with Gasteiger partial charge < -0.3 is 10.1 Å². The molecule has 1 rings (SSSR count). The Bertz CT molecular complexity index is 274. The topological polar surface area (TPSA) is 52.0 Å². The van der Waals surface area contributed by atoms with Crippen LogP contribution in [0, 0.1) is 0 Å². The SMILES string of the molecule is CCNC(CCOC)Cc1cn(C)nn1. The van der Waals surface area contributed by atoms with Crippen molar-refractivity contribution in [1.29, 1.82) is 0 Å². The van der Waals surface area contributed by atoms with E-state index in [0.29, 0.717) is 6.04 Å². The Kier molecular flexibility index (Phi) is 5.28. The maximum absolute atomic E-state index is 5.08. The fourth-order valence-electron chi connectivity index (χ4n) is 1.57. The van der Waals surface area contributed by atoms with Crippen LogP contribution in [0.1, 0.15) is 19.0 Å². The smallest absolute Gasteiger partial charge is 0.0842 e.